The average Bonchev–Trinajstić information content (AvgIpc) is 2.63. The van der Waals surface area contributed by atoms with Gasteiger partial charge in [-0.3, -0.25) is 9.78 Å². The molecule has 7 nitrogen and oxygen atoms in total. The van der Waals surface area contributed by atoms with Crippen LogP contribution >= 0.6 is 0 Å². The highest BCUT2D eigenvalue weighted by Gasteiger charge is 2.12. The maximum absolute atomic E-state index is 12.3. The normalized spacial score (nSPS) is 10.3. The van der Waals surface area contributed by atoms with Crippen LogP contribution in [0.25, 0.3) is 0 Å². The molecule has 1 heterocycles. The van der Waals surface area contributed by atoms with E-state index in [2.05, 4.69) is 17.2 Å². The Labute approximate surface area is 153 Å². The number of amides is 3. The van der Waals surface area contributed by atoms with Gasteiger partial charge < -0.3 is 21.7 Å². The first-order valence-electron chi connectivity index (χ1n) is 8.66. The Morgan fingerprint density at radius 2 is 1.92 bits per heavy atom. The topological polar surface area (TPSA) is 114 Å². The summed E-state index contributed by atoms with van der Waals surface area (Å²) in [6.45, 7) is 3.09. The van der Waals surface area contributed by atoms with Crippen LogP contribution in [0.4, 0.5) is 16.2 Å². The second-order valence-electron chi connectivity index (χ2n) is 6.06. The number of nitrogens with two attached hydrogens (primary N) is 2. The van der Waals surface area contributed by atoms with Gasteiger partial charge in [-0.05, 0) is 30.2 Å². The molecule has 0 aliphatic heterocycles. The van der Waals surface area contributed by atoms with Gasteiger partial charge in [-0.2, -0.15) is 0 Å². The number of unbranched alkanes of at least 4 members (excludes halogenated alkanes) is 2. The van der Waals surface area contributed by atoms with Gasteiger partial charge in [0.15, 0.2) is 0 Å². The molecule has 0 saturated carbocycles. The molecule has 7 heteroatoms. The molecule has 0 aliphatic carbocycles. The van der Waals surface area contributed by atoms with Crippen LogP contribution in [0.15, 0.2) is 42.6 Å². The summed E-state index contributed by atoms with van der Waals surface area (Å²) in [6.07, 6.45) is 4.61. The number of hydrogen-bond donors (Lipinski definition) is 3. The molecule has 0 spiro atoms. The Hall–Kier alpha value is -3.09. The smallest absolute Gasteiger partial charge is 0.315 e. The van der Waals surface area contributed by atoms with Crippen LogP contribution in [0, 0.1) is 0 Å². The summed E-state index contributed by atoms with van der Waals surface area (Å²) >= 11 is 0. The lowest BCUT2D eigenvalue weighted by molar-refractivity contribution is 0.102. The molecule has 2 rings (SSSR count). The van der Waals surface area contributed by atoms with E-state index in [0.29, 0.717) is 24.5 Å². The van der Waals surface area contributed by atoms with E-state index in [1.54, 1.807) is 47.5 Å². The molecular formula is C19H25N5O2. The van der Waals surface area contributed by atoms with Gasteiger partial charge in [0.05, 0.1) is 11.4 Å². The van der Waals surface area contributed by atoms with Crippen LogP contribution in [-0.2, 0) is 6.54 Å². The number of hydrogen-bond acceptors (Lipinski definition) is 4. The molecule has 1 aromatic carbocycles. The van der Waals surface area contributed by atoms with E-state index in [-0.39, 0.29) is 11.6 Å². The predicted molar refractivity (Wildman–Crippen MR) is 103 cm³/mol. The first-order valence-corrected chi connectivity index (χ1v) is 8.66. The first kappa shape index (κ1) is 19.2. The van der Waals surface area contributed by atoms with Crippen molar-refractivity contribution in [3.63, 3.8) is 0 Å². The summed E-state index contributed by atoms with van der Waals surface area (Å²) in [7, 11) is 0. The van der Waals surface area contributed by atoms with Gasteiger partial charge in [0.1, 0.15) is 5.69 Å². The number of nitrogen functional groups attached to an aromatic ring is 1. The zero-order valence-corrected chi connectivity index (χ0v) is 14.9. The lowest BCUT2D eigenvalue weighted by atomic mass is 10.2. The van der Waals surface area contributed by atoms with E-state index in [0.717, 1.165) is 24.8 Å². The van der Waals surface area contributed by atoms with E-state index < -0.39 is 6.03 Å². The van der Waals surface area contributed by atoms with Crippen LogP contribution in [0.5, 0.6) is 0 Å². The fourth-order valence-corrected chi connectivity index (χ4v) is 2.49. The number of urea groups is 1. The number of nitrogens with zero attached hydrogens (tertiary/aromatic N) is 2. The Balaban J connectivity index is 1.99. The molecule has 0 fully saturated rings. The summed E-state index contributed by atoms with van der Waals surface area (Å²) in [6, 6.07) is 9.96. The number of para-hydroxylation sites is 2. The van der Waals surface area contributed by atoms with Gasteiger partial charge >= 0.3 is 6.03 Å². The van der Waals surface area contributed by atoms with Crippen LogP contribution < -0.4 is 16.8 Å². The Bertz CT molecular complexity index is 746. The van der Waals surface area contributed by atoms with Crippen molar-refractivity contribution in [2.75, 3.05) is 17.6 Å². The minimum atomic E-state index is -0.456. The van der Waals surface area contributed by atoms with E-state index in [1.807, 2.05) is 0 Å². The van der Waals surface area contributed by atoms with Crippen LogP contribution in [0.2, 0.25) is 0 Å². The number of rotatable bonds is 8. The number of carbonyl (C=O) groups is 2. The first-order chi connectivity index (χ1) is 12.5. The maximum atomic E-state index is 12.3. The summed E-state index contributed by atoms with van der Waals surface area (Å²) in [5.41, 5.74) is 13.4. The number of pyridine rings is 1. The monoisotopic (exact) mass is 355 g/mol. The number of aromatic nitrogens is 1. The quantitative estimate of drug-likeness (QED) is 0.499. The number of carbonyl (C=O) groups excluding carboxylic acids is 2. The summed E-state index contributed by atoms with van der Waals surface area (Å²) in [5, 5.41) is 2.73. The molecule has 26 heavy (non-hydrogen) atoms. The van der Waals surface area contributed by atoms with Crippen LogP contribution in [0.1, 0.15) is 42.2 Å². The lowest BCUT2D eigenvalue weighted by Crippen LogP contribution is -2.36. The van der Waals surface area contributed by atoms with Crippen molar-refractivity contribution in [1.82, 2.24) is 9.88 Å². The van der Waals surface area contributed by atoms with Gasteiger partial charge in [-0.25, -0.2) is 4.79 Å². The second kappa shape index (κ2) is 9.41. The molecule has 0 unspecified atom stereocenters. The average molecular weight is 355 g/mol. The molecular weight excluding hydrogens is 330 g/mol. The van der Waals surface area contributed by atoms with Gasteiger partial charge in [0.25, 0.3) is 5.91 Å². The van der Waals surface area contributed by atoms with Crippen molar-refractivity contribution < 1.29 is 9.59 Å². The largest absolute Gasteiger partial charge is 0.397 e. The number of anilines is 2. The molecule has 0 radical (unpaired) electrons. The molecule has 2 aromatic rings. The van der Waals surface area contributed by atoms with Crippen molar-refractivity contribution in [1.29, 1.82) is 0 Å². The minimum absolute atomic E-state index is 0.272. The van der Waals surface area contributed by atoms with Gasteiger partial charge in [0, 0.05) is 19.3 Å². The second-order valence-corrected chi connectivity index (χ2v) is 6.06. The fourth-order valence-electron chi connectivity index (χ4n) is 2.49. The predicted octanol–water partition coefficient (Wildman–Crippen LogP) is 2.99. The van der Waals surface area contributed by atoms with Crippen molar-refractivity contribution >= 4 is 23.3 Å². The number of benzene rings is 1. The van der Waals surface area contributed by atoms with Crippen molar-refractivity contribution in [2.45, 2.75) is 32.7 Å². The van der Waals surface area contributed by atoms with Crippen molar-refractivity contribution in [2.24, 2.45) is 5.73 Å². The third kappa shape index (κ3) is 5.47. The highest BCUT2D eigenvalue weighted by atomic mass is 16.2. The van der Waals surface area contributed by atoms with E-state index in [1.165, 1.54) is 0 Å². The van der Waals surface area contributed by atoms with Gasteiger partial charge in [-0.15, -0.1) is 0 Å². The Morgan fingerprint density at radius 1 is 1.15 bits per heavy atom. The third-order valence-corrected chi connectivity index (χ3v) is 3.98. The molecule has 0 saturated heterocycles. The Morgan fingerprint density at radius 3 is 2.54 bits per heavy atom. The fraction of sp³-hybridized carbons (Fsp3) is 0.316. The molecule has 0 bridgehead atoms. The standard InChI is InChI=1S/C19H25N5O2/c1-2-3-6-11-24(19(21)26)13-14-9-10-17(22-12-14)18(25)23-16-8-5-4-7-15(16)20/h4-5,7-10,12H,2-3,6,11,13,20H2,1H3,(H2,21,26)(H,23,25). The van der Waals surface area contributed by atoms with E-state index in [9.17, 15) is 9.59 Å². The SMILES string of the molecule is CCCCCN(Cc1ccc(C(=O)Nc2ccccc2N)nc1)C(N)=O. The zero-order chi connectivity index (χ0) is 18.9. The molecule has 3 amide bonds. The van der Waals surface area contributed by atoms with Crippen molar-refractivity contribution in [3.05, 3.63) is 53.9 Å². The highest BCUT2D eigenvalue weighted by molar-refractivity contribution is 6.04. The zero-order valence-electron chi connectivity index (χ0n) is 14.9. The summed E-state index contributed by atoms with van der Waals surface area (Å²) < 4.78 is 0. The molecule has 1 aromatic heterocycles. The molecule has 0 aliphatic rings. The highest BCUT2D eigenvalue weighted by Crippen LogP contribution is 2.17. The third-order valence-electron chi connectivity index (χ3n) is 3.98. The summed E-state index contributed by atoms with van der Waals surface area (Å²) in [4.78, 5) is 29.6. The summed E-state index contributed by atoms with van der Waals surface area (Å²) in [5.74, 6) is -0.343. The van der Waals surface area contributed by atoms with Gasteiger partial charge in [0.2, 0.25) is 0 Å². The molecule has 0 atom stereocenters. The van der Waals surface area contributed by atoms with Crippen LogP contribution in [-0.4, -0.2) is 28.4 Å². The lowest BCUT2D eigenvalue weighted by Gasteiger charge is -2.20. The van der Waals surface area contributed by atoms with E-state index >= 15 is 0 Å². The van der Waals surface area contributed by atoms with Crippen LogP contribution in [0.3, 0.4) is 0 Å². The van der Waals surface area contributed by atoms with Gasteiger partial charge in [-0.1, -0.05) is 38.0 Å². The number of primary amides is 1. The Kier molecular flexibility index (Phi) is 6.96. The van der Waals surface area contributed by atoms with E-state index in [4.69, 9.17) is 11.5 Å². The maximum Gasteiger partial charge on any atom is 0.315 e. The number of nitrogens with one attached hydrogen (secondary N) is 1. The van der Waals surface area contributed by atoms with Crippen molar-refractivity contribution in [3.8, 4) is 0 Å². The molecule has 138 valence electrons. The minimum Gasteiger partial charge on any atom is -0.397 e. The molecule has 5 N–H and O–H groups in total.